The molecule has 6 heteroatoms. The van der Waals surface area contributed by atoms with Gasteiger partial charge in [0.1, 0.15) is 0 Å². The van der Waals surface area contributed by atoms with E-state index in [2.05, 4.69) is 5.32 Å². The quantitative estimate of drug-likeness (QED) is 0.802. The highest BCUT2D eigenvalue weighted by molar-refractivity contribution is 6.03. The van der Waals surface area contributed by atoms with Gasteiger partial charge in [0.15, 0.2) is 0 Å². The first-order valence-corrected chi connectivity index (χ1v) is 9.55. The molecule has 3 rings (SSSR count). The van der Waals surface area contributed by atoms with Crippen LogP contribution in [0.2, 0.25) is 0 Å². The Labute approximate surface area is 164 Å². The highest BCUT2D eigenvalue weighted by Gasteiger charge is 2.21. The van der Waals surface area contributed by atoms with E-state index in [1.54, 1.807) is 42.5 Å². The standard InChI is InChI=1S/C22H24N2O4/c25-20(13-12-16-8-2-3-9-17(16)22(27)28)23-19-11-5-4-10-18(19)21(26)24-14-6-1-7-15-24/h2-5,8-11H,1,6-7,12-15H2,(H,23,25)(H,27,28). The van der Waals surface area contributed by atoms with Crippen molar-refractivity contribution in [2.75, 3.05) is 18.4 Å². The van der Waals surface area contributed by atoms with Gasteiger partial charge in [-0.15, -0.1) is 0 Å². The van der Waals surface area contributed by atoms with Crippen molar-refractivity contribution in [2.24, 2.45) is 0 Å². The second-order valence-electron chi connectivity index (χ2n) is 6.91. The average Bonchev–Trinajstić information content (AvgIpc) is 2.73. The summed E-state index contributed by atoms with van der Waals surface area (Å²) in [5, 5.41) is 12.1. The number of para-hydroxylation sites is 1. The van der Waals surface area contributed by atoms with Gasteiger partial charge in [0, 0.05) is 19.5 Å². The molecule has 2 aromatic rings. The van der Waals surface area contributed by atoms with Crippen LogP contribution in [0, 0.1) is 0 Å². The maximum atomic E-state index is 12.8. The van der Waals surface area contributed by atoms with Crippen LogP contribution in [0.15, 0.2) is 48.5 Å². The largest absolute Gasteiger partial charge is 0.478 e. The molecule has 1 saturated heterocycles. The molecule has 1 heterocycles. The zero-order chi connectivity index (χ0) is 19.9. The van der Waals surface area contributed by atoms with Crippen molar-refractivity contribution in [3.63, 3.8) is 0 Å². The van der Waals surface area contributed by atoms with Gasteiger partial charge in [-0.05, 0) is 49.4 Å². The molecule has 0 aliphatic carbocycles. The molecule has 2 aromatic carbocycles. The van der Waals surface area contributed by atoms with E-state index in [1.165, 1.54) is 6.07 Å². The lowest BCUT2D eigenvalue weighted by atomic mass is 10.0. The summed E-state index contributed by atoms with van der Waals surface area (Å²) in [5.74, 6) is -1.32. The number of nitrogens with one attached hydrogen (secondary N) is 1. The second kappa shape index (κ2) is 9.17. The lowest BCUT2D eigenvalue weighted by Gasteiger charge is -2.27. The van der Waals surface area contributed by atoms with Crippen molar-refractivity contribution in [3.05, 3.63) is 65.2 Å². The highest BCUT2D eigenvalue weighted by Crippen LogP contribution is 2.20. The number of aromatic carboxylic acids is 1. The molecule has 2 N–H and O–H groups in total. The minimum atomic E-state index is -1.01. The van der Waals surface area contributed by atoms with Gasteiger partial charge in [0.05, 0.1) is 16.8 Å². The SMILES string of the molecule is O=C(CCc1ccccc1C(=O)O)Nc1ccccc1C(=O)N1CCCCC1. The second-order valence-corrected chi connectivity index (χ2v) is 6.91. The maximum Gasteiger partial charge on any atom is 0.335 e. The topological polar surface area (TPSA) is 86.7 Å². The summed E-state index contributed by atoms with van der Waals surface area (Å²) in [7, 11) is 0. The van der Waals surface area contributed by atoms with E-state index in [0.717, 1.165) is 32.4 Å². The lowest BCUT2D eigenvalue weighted by Crippen LogP contribution is -2.36. The summed E-state index contributed by atoms with van der Waals surface area (Å²) in [4.78, 5) is 38.4. The number of piperidine rings is 1. The third kappa shape index (κ3) is 4.76. The molecule has 0 radical (unpaired) electrons. The van der Waals surface area contributed by atoms with Gasteiger partial charge in [0.2, 0.25) is 5.91 Å². The van der Waals surface area contributed by atoms with Crippen LogP contribution in [0.5, 0.6) is 0 Å². The number of carbonyl (C=O) groups is 3. The number of likely N-dealkylation sites (tertiary alicyclic amines) is 1. The van der Waals surface area contributed by atoms with Crippen molar-refractivity contribution in [1.29, 1.82) is 0 Å². The van der Waals surface area contributed by atoms with Crippen molar-refractivity contribution < 1.29 is 19.5 Å². The lowest BCUT2D eigenvalue weighted by molar-refractivity contribution is -0.116. The number of hydrogen-bond donors (Lipinski definition) is 2. The Hall–Kier alpha value is -3.15. The van der Waals surface area contributed by atoms with Crippen LogP contribution in [0.1, 0.15) is 52.0 Å². The zero-order valence-electron chi connectivity index (χ0n) is 15.7. The number of carboxylic acids is 1. The molecule has 2 amide bonds. The van der Waals surface area contributed by atoms with Crippen LogP contribution in [0.3, 0.4) is 0 Å². The van der Waals surface area contributed by atoms with Gasteiger partial charge in [-0.1, -0.05) is 30.3 Å². The van der Waals surface area contributed by atoms with E-state index in [4.69, 9.17) is 0 Å². The molecule has 0 unspecified atom stereocenters. The molecule has 0 bridgehead atoms. The van der Waals surface area contributed by atoms with E-state index >= 15 is 0 Å². The van der Waals surface area contributed by atoms with Gasteiger partial charge >= 0.3 is 5.97 Å². The number of nitrogens with zero attached hydrogens (tertiary/aromatic N) is 1. The Bertz CT molecular complexity index is 872. The fourth-order valence-electron chi connectivity index (χ4n) is 3.45. The van der Waals surface area contributed by atoms with Gasteiger partial charge in [-0.3, -0.25) is 9.59 Å². The van der Waals surface area contributed by atoms with Crippen LogP contribution in [0.25, 0.3) is 0 Å². The fraction of sp³-hybridized carbons (Fsp3) is 0.318. The Morgan fingerprint density at radius 3 is 2.25 bits per heavy atom. The van der Waals surface area contributed by atoms with Crippen LogP contribution in [0.4, 0.5) is 5.69 Å². The monoisotopic (exact) mass is 380 g/mol. The Kier molecular flexibility index (Phi) is 6.42. The van der Waals surface area contributed by atoms with Crippen LogP contribution in [-0.4, -0.2) is 40.9 Å². The summed E-state index contributed by atoms with van der Waals surface area (Å²) in [6.07, 6.45) is 3.60. The normalized spacial score (nSPS) is 13.8. The van der Waals surface area contributed by atoms with Gasteiger partial charge in [-0.25, -0.2) is 4.79 Å². The molecule has 1 fully saturated rings. The predicted molar refractivity (Wildman–Crippen MR) is 107 cm³/mol. The van der Waals surface area contributed by atoms with Gasteiger partial charge in [0.25, 0.3) is 5.91 Å². The summed E-state index contributed by atoms with van der Waals surface area (Å²) in [6, 6.07) is 13.7. The van der Waals surface area contributed by atoms with E-state index in [-0.39, 0.29) is 23.8 Å². The maximum absolute atomic E-state index is 12.8. The molecule has 28 heavy (non-hydrogen) atoms. The predicted octanol–water partition coefficient (Wildman–Crippen LogP) is 3.58. The number of rotatable bonds is 6. The molecule has 146 valence electrons. The van der Waals surface area contributed by atoms with Gasteiger partial charge < -0.3 is 15.3 Å². The van der Waals surface area contributed by atoms with Crippen LogP contribution < -0.4 is 5.32 Å². The van der Waals surface area contributed by atoms with E-state index < -0.39 is 5.97 Å². The highest BCUT2D eigenvalue weighted by atomic mass is 16.4. The van der Waals surface area contributed by atoms with Crippen LogP contribution in [-0.2, 0) is 11.2 Å². The number of benzene rings is 2. The summed E-state index contributed by atoms with van der Waals surface area (Å²) in [6.45, 7) is 1.49. The molecule has 0 spiro atoms. The summed E-state index contributed by atoms with van der Waals surface area (Å²) < 4.78 is 0. The Morgan fingerprint density at radius 1 is 0.893 bits per heavy atom. The smallest absolute Gasteiger partial charge is 0.335 e. The minimum absolute atomic E-state index is 0.0631. The number of hydrogen-bond acceptors (Lipinski definition) is 3. The Balaban J connectivity index is 1.66. The first-order valence-electron chi connectivity index (χ1n) is 9.55. The minimum Gasteiger partial charge on any atom is -0.478 e. The molecule has 1 aliphatic heterocycles. The van der Waals surface area contributed by atoms with E-state index in [1.807, 2.05) is 4.90 Å². The molecule has 0 saturated carbocycles. The van der Waals surface area contributed by atoms with E-state index in [0.29, 0.717) is 23.2 Å². The molecular weight excluding hydrogens is 356 g/mol. The number of aryl methyl sites for hydroxylation is 1. The molecule has 0 atom stereocenters. The first-order chi connectivity index (χ1) is 13.6. The third-order valence-corrected chi connectivity index (χ3v) is 4.94. The Morgan fingerprint density at radius 2 is 1.54 bits per heavy atom. The summed E-state index contributed by atoms with van der Waals surface area (Å²) in [5.41, 5.74) is 1.80. The van der Waals surface area contributed by atoms with E-state index in [9.17, 15) is 19.5 Å². The fourth-order valence-corrected chi connectivity index (χ4v) is 3.45. The number of anilines is 1. The van der Waals surface area contributed by atoms with Crippen LogP contribution >= 0.6 is 0 Å². The number of carboxylic acid groups (broad SMARTS) is 1. The van der Waals surface area contributed by atoms with Gasteiger partial charge in [-0.2, -0.15) is 0 Å². The number of carbonyl (C=O) groups excluding carboxylic acids is 2. The number of amides is 2. The van der Waals surface area contributed by atoms with Crippen molar-refractivity contribution in [2.45, 2.75) is 32.1 Å². The van der Waals surface area contributed by atoms with Crippen molar-refractivity contribution in [1.82, 2.24) is 4.90 Å². The molecule has 0 aromatic heterocycles. The summed E-state index contributed by atoms with van der Waals surface area (Å²) >= 11 is 0. The first kappa shape index (κ1) is 19.6. The van der Waals surface area contributed by atoms with Crippen molar-refractivity contribution in [3.8, 4) is 0 Å². The molecule has 1 aliphatic rings. The molecule has 6 nitrogen and oxygen atoms in total. The van der Waals surface area contributed by atoms with Crippen molar-refractivity contribution >= 4 is 23.5 Å². The molecular formula is C22H24N2O4. The third-order valence-electron chi connectivity index (χ3n) is 4.94. The average molecular weight is 380 g/mol. The zero-order valence-corrected chi connectivity index (χ0v) is 15.7.